The van der Waals surface area contributed by atoms with Gasteiger partial charge in [0, 0.05) is 67.4 Å². The lowest BCUT2D eigenvalue weighted by Crippen LogP contribution is -2.14. The van der Waals surface area contributed by atoms with Gasteiger partial charge in [-0.2, -0.15) is 0 Å². The van der Waals surface area contributed by atoms with E-state index >= 15 is 0 Å². The number of rotatable bonds is 6. The molecule has 0 bridgehead atoms. The molecule has 0 saturated heterocycles. The minimum Gasteiger partial charge on any atom is -0.309 e. The lowest BCUT2D eigenvalue weighted by Gasteiger charge is -2.21. The summed E-state index contributed by atoms with van der Waals surface area (Å²) in [6, 6.07) is 66.1. The minimum absolute atomic E-state index is 0.135. The molecular formula is C58H39N7. The Morgan fingerprint density at radius 2 is 0.877 bits per heavy atom. The third-order valence-corrected chi connectivity index (χ3v) is 13.3. The van der Waals surface area contributed by atoms with Crippen LogP contribution in [-0.4, -0.2) is 34.1 Å². The van der Waals surface area contributed by atoms with E-state index in [4.69, 9.17) is 24.9 Å². The second-order valence-electron chi connectivity index (χ2n) is 17.3. The molecule has 0 fully saturated rings. The molecule has 0 atom stereocenters. The second kappa shape index (κ2) is 14.2. The third kappa shape index (κ3) is 5.65. The van der Waals surface area contributed by atoms with E-state index < -0.39 is 0 Å². The van der Waals surface area contributed by atoms with Crippen molar-refractivity contribution in [1.29, 1.82) is 0 Å². The first-order valence-electron chi connectivity index (χ1n) is 22.0. The molecule has 0 saturated carbocycles. The molecule has 7 heteroatoms. The highest BCUT2D eigenvalue weighted by atomic mass is 15.1. The lowest BCUT2D eigenvalue weighted by atomic mass is 9.82. The number of hydrogen-bond donors (Lipinski definition) is 0. The first kappa shape index (κ1) is 37.0. The highest BCUT2D eigenvalue weighted by molar-refractivity contribution is 6.20. The maximum Gasteiger partial charge on any atom is 0.183 e. The summed E-state index contributed by atoms with van der Waals surface area (Å²) in [4.78, 5) is 25.8. The number of aromatic nitrogens is 7. The molecule has 7 aromatic carbocycles. The van der Waals surface area contributed by atoms with Crippen LogP contribution >= 0.6 is 0 Å². The van der Waals surface area contributed by atoms with Crippen LogP contribution in [0.1, 0.15) is 25.0 Å². The fourth-order valence-corrected chi connectivity index (χ4v) is 10.3. The van der Waals surface area contributed by atoms with Crippen LogP contribution in [0.2, 0.25) is 0 Å². The van der Waals surface area contributed by atoms with Crippen molar-refractivity contribution >= 4 is 43.6 Å². The molecule has 306 valence electrons. The molecule has 0 radical (unpaired) electrons. The maximum atomic E-state index is 5.26. The van der Waals surface area contributed by atoms with Gasteiger partial charge in [-0.15, -0.1) is 0 Å². The van der Waals surface area contributed by atoms with Crippen molar-refractivity contribution in [2.75, 3.05) is 0 Å². The Hall–Kier alpha value is -8.55. The topological polar surface area (TPSA) is 74.3 Å². The van der Waals surface area contributed by atoms with Gasteiger partial charge in [-0.3, -0.25) is 9.97 Å². The zero-order valence-corrected chi connectivity index (χ0v) is 35.7. The SMILES string of the molecule is CC1(C)c2ccccc2-c2cc3c4cc(-c5nccc6c5c5c(-c7nc(-c8ccccc8)nc(-c8ccccc8)n7)nccc5n6-c5ccccc5)ccc4n(-c4ccccc4)c3cc21. The molecular weight excluding hydrogens is 795 g/mol. The lowest BCUT2D eigenvalue weighted by molar-refractivity contribution is 0.661. The number of hydrogen-bond acceptors (Lipinski definition) is 5. The highest BCUT2D eigenvalue weighted by Gasteiger charge is 2.36. The molecule has 0 amide bonds. The molecule has 12 aromatic rings. The molecule has 0 spiro atoms. The molecule has 1 aliphatic rings. The van der Waals surface area contributed by atoms with E-state index in [2.05, 4.69) is 150 Å². The standard InChI is InChI=1S/C58H39N7/c1-58(2)45-26-16-15-25-41(45)42-34-44-43-33-38(27-28-47(43)64(50(44)35-46(42)58)39-21-11-5-12-22-39)53-51-48(29-31-59-53)65(40-23-13-6-14-24-40)49-30-32-60-54(52(49)51)57-62-55(36-17-7-3-8-18-36)61-56(63-57)37-19-9-4-10-20-37/h3-35H,1-2H3. The van der Waals surface area contributed by atoms with Crippen molar-refractivity contribution in [2.24, 2.45) is 0 Å². The maximum absolute atomic E-state index is 5.26. The number of benzene rings is 7. The predicted molar refractivity (Wildman–Crippen MR) is 263 cm³/mol. The van der Waals surface area contributed by atoms with Crippen molar-refractivity contribution in [3.63, 3.8) is 0 Å². The van der Waals surface area contributed by atoms with Gasteiger partial charge in [-0.05, 0) is 82.9 Å². The molecule has 5 aromatic heterocycles. The summed E-state index contributed by atoms with van der Waals surface area (Å²) in [7, 11) is 0. The summed E-state index contributed by atoms with van der Waals surface area (Å²) in [6.45, 7) is 4.70. The molecule has 5 heterocycles. The highest BCUT2D eigenvalue weighted by Crippen LogP contribution is 2.51. The van der Waals surface area contributed by atoms with Gasteiger partial charge in [0.15, 0.2) is 17.5 Å². The minimum atomic E-state index is -0.135. The first-order valence-corrected chi connectivity index (χ1v) is 22.0. The number of fused-ring (bicyclic) bond motifs is 9. The van der Waals surface area contributed by atoms with E-state index in [0.29, 0.717) is 23.2 Å². The fourth-order valence-electron chi connectivity index (χ4n) is 10.3. The van der Waals surface area contributed by atoms with Crippen LogP contribution in [0.15, 0.2) is 200 Å². The van der Waals surface area contributed by atoms with Crippen LogP contribution in [-0.2, 0) is 5.41 Å². The summed E-state index contributed by atoms with van der Waals surface area (Å²) >= 11 is 0. The Bertz CT molecular complexity index is 3780. The van der Waals surface area contributed by atoms with E-state index in [1.807, 2.05) is 73.1 Å². The predicted octanol–water partition coefficient (Wildman–Crippen LogP) is 13.8. The average molecular weight is 834 g/mol. The van der Waals surface area contributed by atoms with Crippen LogP contribution in [0.25, 0.3) is 112 Å². The summed E-state index contributed by atoms with van der Waals surface area (Å²) < 4.78 is 4.72. The molecule has 7 nitrogen and oxygen atoms in total. The van der Waals surface area contributed by atoms with Gasteiger partial charge in [0.05, 0.1) is 27.8 Å². The van der Waals surface area contributed by atoms with Gasteiger partial charge in [0.25, 0.3) is 0 Å². The molecule has 65 heavy (non-hydrogen) atoms. The Morgan fingerprint density at radius 1 is 0.369 bits per heavy atom. The summed E-state index contributed by atoms with van der Waals surface area (Å²) in [6.07, 6.45) is 3.79. The molecule has 13 rings (SSSR count). The fraction of sp³-hybridized carbons (Fsp3) is 0.0517. The van der Waals surface area contributed by atoms with Crippen molar-refractivity contribution in [1.82, 2.24) is 34.1 Å². The van der Waals surface area contributed by atoms with Crippen LogP contribution < -0.4 is 0 Å². The van der Waals surface area contributed by atoms with Crippen LogP contribution in [0.3, 0.4) is 0 Å². The largest absolute Gasteiger partial charge is 0.309 e. The first-order chi connectivity index (χ1) is 32.0. The zero-order valence-electron chi connectivity index (χ0n) is 35.7. The Morgan fingerprint density at radius 3 is 1.51 bits per heavy atom. The number of pyridine rings is 2. The van der Waals surface area contributed by atoms with Crippen molar-refractivity contribution < 1.29 is 0 Å². The van der Waals surface area contributed by atoms with E-state index in [1.54, 1.807) is 0 Å². The van der Waals surface area contributed by atoms with Crippen molar-refractivity contribution in [3.8, 4) is 68.1 Å². The van der Waals surface area contributed by atoms with Gasteiger partial charge in [0.2, 0.25) is 0 Å². The van der Waals surface area contributed by atoms with Crippen molar-refractivity contribution in [3.05, 3.63) is 212 Å². The summed E-state index contributed by atoms with van der Waals surface area (Å²) in [5.41, 5.74) is 15.9. The smallest absolute Gasteiger partial charge is 0.183 e. The third-order valence-electron chi connectivity index (χ3n) is 13.3. The van der Waals surface area contributed by atoms with Crippen molar-refractivity contribution in [2.45, 2.75) is 19.3 Å². The van der Waals surface area contributed by atoms with Gasteiger partial charge in [-0.1, -0.05) is 141 Å². The molecule has 0 unspecified atom stereocenters. The van der Waals surface area contributed by atoms with E-state index in [-0.39, 0.29) is 5.41 Å². The van der Waals surface area contributed by atoms with Crippen LogP contribution in [0.5, 0.6) is 0 Å². The quantitative estimate of drug-likeness (QED) is 0.167. The monoisotopic (exact) mass is 833 g/mol. The zero-order chi connectivity index (χ0) is 43.2. The Labute approximate surface area is 375 Å². The molecule has 0 aliphatic heterocycles. The van der Waals surface area contributed by atoms with Crippen LogP contribution in [0.4, 0.5) is 0 Å². The van der Waals surface area contributed by atoms with Crippen LogP contribution in [0, 0.1) is 0 Å². The summed E-state index contributed by atoms with van der Waals surface area (Å²) in [5.74, 6) is 1.65. The van der Waals surface area contributed by atoms with Gasteiger partial charge in [-0.25, -0.2) is 15.0 Å². The van der Waals surface area contributed by atoms with E-state index in [0.717, 1.165) is 66.5 Å². The summed E-state index contributed by atoms with van der Waals surface area (Å²) in [5, 5.41) is 4.25. The average Bonchev–Trinajstić information content (AvgIpc) is 3.96. The van der Waals surface area contributed by atoms with E-state index in [9.17, 15) is 0 Å². The van der Waals surface area contributed by atoms with Gasteiger partial charge < -0.3 is 9.13 Å². The molecule has 0 N–H and O–H groups in total. The van der Waals surface area contributed by atoms with Gasteiger partial charge in [0.1, 0.15) is 5.69 Å². The molecule has 1 aliphatic carbocycles. The number of nitrogens with zero attached hydrogens (tertiary/aromatic N) is 7. The Balaban J connectivity index is 1.11. The Kier molecular flexibility index (Phi) is 8.12. The number of para-hydroxylation sites is 2. The normalized spacial score (nSPS) is 12.9. The van der Waals surface area contributed by atoms with E-state index in [1.165, 1.54) is 33.2 Å². The van der Waals surface area contributed by atoms with Gasteiger partial charge >= 0.3 is 0 Å². The second-order valence-corrected chi connectivity index (χ2v) is 17.3.